The average Bonchev–Trinajstić information content (AvgIpc) is 3.40. The van der Waals surface area contributed by atoms with Crippen LogP contribution in [0.3, 0.4) is 0 Å². The third-order valence-electron chi connectivity index (χ3n) is 7.35. The summed E-state index contributed by atoms with van der Waals surface area (Å²) in [5.41, 5.74) is 3.38. The Hall–Kier alpha value is -3.52. The van der Waals surface area contributed by atoms with Crippen LogP contribution in [0.15, 0.2) is 40.8 Å². The van der Waals surface area contributed by atoms with Crippen molar-refractivity contribution in [3.8, 4) is 0 Å². The number of urea groups is 1. The molecule has 1 saturated carbocycles. The van der Waals surface area contributed by atoms with Crippen molar-refractivity contribution >= 4 is 51.2 Å². The SMILES string of the molecule is CN(Cc1nc2ccccc2n1C)C(=O)c1cc2cc(Cl)c3c(c2o1)C1(CCCCC1)NC(=O)N3. The lowest BCUT2D eigenvalue weighted by Crippen LogP contribution is -2.52. The number of aryl methyl sites for hydroxylation is 1. The van der Waals surface area contributed by atoms with Crippen molar-refractivity contribution in [2.75, 3.05) is 12.4 Å². The van der Waals surface area contributed by atoms with Gasteiger partial charge in [0.15, 0.2) is 5.76 Å². The van der Waals surface area contributed by atoms with Crippen LogP contribution < -0.4 is 10.6 Å². The Morgan fingerprint density at radius 3 is 2.77 bits per heavy atom. The monoisotopic (exact) mass is 491 g/mol. The normalized spacial score (nSPS) is 16.8. The number of benzene rings is 2. The Morgan fingerprint density at radius 1 is 1.23 bits per heavy atom. The number of hydrogen-bond donors (Lipinski definition) is 2. The van der Waals surface area contributed by atoms with Crippen molar-refractivity contribution in [1.29, 1.82) is 0 Å². The van der Waals surface area contributed by atoms with Gasteiger partial charge in [-0.25, -0.2) is 9.78 Å². The number of furan rings is 1. The Bertz CT molecular complexity index is 1500. The van der Waals surface area contributed by atoms with Crippen LogP contribution >= 0.6 is 11.6 Å². The van der Waals surface area contributed by atoms with E-state index in [0.717, 1.165) is 59.9 Å². The number of nitrogens with one attached hydrogen (secondary N) is 2. The first-order valence-electron chi connectivity index (χ1n) is 11.9. The maximum absolute atomic E-state index is 13.4. The zero-order valence-corrected chi connectivity index (χ0v) is 20.4. The minimum absolute atomic E-state index is 0.230. The van der Waals surface area contributed by atoms with Gasteiger partial charge < -0.3 is 24.5 Å². The van der Waals surface area contributed by atoms with Crippen LogP contribution in [0.4, 0.5) is 10.5 Å². The molecule has 9 heteroatoms. The summed E-state index contributed by atoms with van der Waals surface area (Å²) >= 11 is 6.61. The second-order valence-corrected chi connectivity index (χ2v) is 10.0. The molecule has 2 aliphatic rings. The largest absolute Gasteiger partial charge is 0.450 e. The molecule has 2 aromatic heterocycles. The molecule has 1 aliphatic heterocycles. The molecule has 0 atom stereocenters. The number of aromatic nitrogens is 2. The summed E-state index contributed by atoms with van der Waals surface area (Å²) in [6.45, 7) is 0.335. The molecule has 2 N–H and O–H groups in total. The molecule has 3 heterocycles. The zero-order chi connectivity index (χ0) is 24.3. The molecule has 8 nitrogen and oxygen atoms in total. The number of halogens is 1. The molecule has 3 amide bonds. The third kappa shape index (κ3) is 3.46. The fraction of sp³-hybridized carbons (Fsp3) is 0.346. The number of amides is 3. The molecule has 2 aromatic carbocycles. The van der Waals surface area contributed by atoms with Gasteiger partial charge in [-0.15, -0.1) is 0 Å². The Balaban J connectivity index is 1.38. The lowest BCUT2D eigenvalue weighted by atomic mass is 9.74. The van der Waals surface area contributed by atoms with E-state index in [1.54, 1.807) is 24.1 Å². The molecule has 1 aliphatic carbocycles. The summed E-state index contributed by atoms with van der Waals surface area (Å²) in [6.07, 6.45) is 4.74. The number of rotatable bonds is 3. The molecular weight excluding hydrogens is 466 g/mol. The first-order chi connectivity index (χ1) is 16.9. The van der Waals surface area contributed by atoms with Crippen molar-refractivity contribution in [2.45, 2.75) is 44.2 Å². The van der Waals surface area contributed by atoms with Crippen LogP contribution in [0.5, 0.6) is 0 Å². The Kier molecular flexibility index (Phi) is 5.03. The maximum atomic E-state index is 13.4. The van der Waals surface area contributed by atoms with E-state index < -0.39 is 5.54 Å². The van der Waals surface area contributed by atoms with E-state index in [1.807, 2.05) is 35.9 Å². The molecule has 0 bridgehead atoms. The van der Waals surface area contributed by atoms with E-state index in [4.69, 9.17) is 16.0 Å². The van der Waals surface area contributed by atoms with Gasteiger partial charge in [0.1, 0.15) is 11.4 Å². The predicted octanol–water partition coefficient (Wildman–Crippen LogP) is 5.54. The van der Waals surface area contributed by atoms with Crippen molar-refractivity contribution in [1.82, 2.24) is 19.8 Å². The fourth-order valence-electron chi connectivity index (χ4n) is 5.60. The standard InChI is InChI=1S/C26H26ClN5O3/c1-31(14-20-28-17-8-4-5-9-18(17)32(20)2)24(33)19-13-15-12-16(27)22-21(23(15)35-19)26(30-25(34)29-22)10-6-3-7-11-26/h4-5,8-9,12-13H,3,6-7,10-11,14H2,1-2H3,(H2,29,30,34). The van der Waals surface area contributed by atoms with Gasteiger partial charge in [-0.1, -0.05) is 43.0 Å². The molecule has 35 heavy (non-hydrogen) atoms. The van der Waals surface area contributed by atoms with Gasteiger partial charge >= 0.3 is 6.03 Å². The van der Waals surface area contributed by atoms with Crippen LogP contribution in [-0.2, 0) is 19.1 Å². The number of imidazole rings is 1. The van der Waals surface area contributed by atoms with Crippen molar-refractivity contribution < 1.29 is 14.0 Å². The van der Waals surface area contributed by atoms with Crippen molar-refractivity contribution in [3.05, 3.63) is 58.6 Å². The number of fused-ring (bicyclic) bond motifs is 5. The predicted molar refractivity (Wildman–Crippen MR) is 135 cm³/mol. The molecular formula is C26H26ClN5O3. The summed E-state index contributed by atoms with van der Waals surface area (Å²) in [5.74, 6) is 0.767. The topological polar surface area (TPSA) is 92.4 Å². The van der Waals surface area contributed by atoms with Gasteiger partial charge in [0.05, 0.1) is 33.8 Å². The van der Waals surface area contributed by atoms with Crippen molar-refractivity contribution in [2.24, 2.45) is 7.05 Å². The Labute approximate surface area is 207 Å². The molecule has 6 rings (SSSR count). The van der Waals surface area contributed by atoms with Crippen LogP contribution in [0, 0.1) is 0 Å². The third-order valence-corrected chi connectivity index (χ3v) is 7.65. The quantitative estimate of drug-likeness (QED) is 0.393. The maximum Gasteiger partial charge on any atom is 0.319 e. The summed E-state index contributed by atoms with van der Waals surface area (Å²) in [6, 6.07) is 11.1. The lowest BCUT2D eigenvalue weighted by molar-refractivity contribution is 0.0751. The van der Waals surface area contributed by atoms with E-state index in [9.17, 15) is 9.59 Å². The summed E-state index contributed by atoms with van der Waals surface area (Å²) in [5, 5.41) is 7.19. The minimum Gasteiger partial charge on any atom is -0.450 e. The molecule has 180 valence electrons. The van der Waals surface area contributed by atoms with Gasteiger partial charge in [-0.2, -0.15) is 0 Å². The van der Waals surface area contributed by atoms with Crippen LogP contribution in [0.2, 0.25) is 5.02 Å². The smallest absolute Gasteiger partial charge is 0.319 e. The molecule has 0 saturated heterocycles. The van der Waals surface area contributed by atoms with Gasteiger partial charge in [0, 0.05) is 25.0 Å². The van der Waals surface area contributed by atoms with Crippen LogP contribution in [-0.4, -0.2) is 33.4 Å². The summed E-state index contributed by atoms with van der Waals surface area (Å²) < 4.78 is 8.22. The molecule has 4 aromatic rings. The number of carbonyl (C=O) groups is 2. The van der Waals surface area contributed by atoms with Gasteiger partial charge in [0.25, 0.3) is 5.91 Å². The van der Waals surface area contributed by atoms with E-state index in [-0.39, 0.29) is 17.7 Å². The van der Waals surface area contributed by atoms with Crippen LogP contribution in [0.1, 0.15) is 54.0 Å². The number of para-hydroxylation sites is 2. The molecule has 1 fully saturated rings. The van der Waals surface area contributed by atoms with E-state index in [2.05, 4.69) is 15.6 Å². The highest BCUT2D eigenvalue weighted by molar-refractivity contribution is 6.35. The highest BCUT2D eigenvalue weighted by Gasteiger charge is 2.44. The molecule has 0 radical (unpaired) electrons. The zero-order valence-electron chi connectivity index (χ0n) is 19.7. The molecule has 0 unspecified atom stereocenters. The fourth-order valence-corrected chi connectivity index (χ4v) is 5.86. The minimum atomic E-state index is -0.545. The first-order valence-corrected chi connectivity index (χ1v) is 12.3. The molecule has 1 spiro atoms. The van der Waals surface area contributed by atoms with Gasteiger partial charge in [-0.05, 0) is 37.1 Å². The number of anilines is 1. The van der Waals surface area contributed by atoms with E-state index in [0.29, 0.717) is 22.8 Å². The van der Waals surface area contributed by atoms with E-state index >= 15 is 0 Å². The van der Waals surface area contributed by atoms with Gasteiger partial charge in [-0.3, -0.25) is 4.79 Å². The highest BCUT2D eigenvalue weighted by atomic mass is 35.5. The second-order valence-electron chi connectivity index (χ2n) is 9.60. The summed E-state index contributed by atoms with van der Waals surface area (Å²) in [7, 11) is 3.69. The number of nitrogens with zero attached hydrogens (tertiary/aromatic N) is 3. The number of carbonyl (C=O) groups excluding carboxylic acids is 2. The average molecular weight is 492 g/mol. The van der Waals surface area contributed by atoms with Gasteiger partial charge in [0.2, 0.25) is 0 Å². The Morgan fingerprint density at radius 2 is 2.00 bits per heavy atom. The number of hydrogen-bond acceptors (Lipinski definition) is 4. The highest BCUT2D eigenvalue weighted by Crippen LogP contribution is 2.49. The second kappa shape index (κ2) is 8.02. The van der Waals surface area contributed by atoms with E-state index in [1.165, 1.54) is 0 Å². The van der Waals surface area contributed by atoms with Crippen LogP contribution in [0.25, 0.3) is 22.0 Å². The van der Waals surface area contributed by atoms with Crippen molar-refractivity contribution in [3.63, 3.8) is 0 Å². The lowest BCUT2D eigenvalue weighted by Gasteiger charge is -2.42. The first kappa shape index (κ1) is 22.0. The summed E-state index contributed by atoms with van der Waals surface area (Å²) in [4.78, 5) is 32.1.